The zero-order valence-corrected chi connectivity index (χ0v) is 14.6. The SMILES string of the molecule is CCCc1ncc(S(=O)(=O)N2CCN(C(C)=O)CC2C(=O)O)s1. The normalized spacial score (nSPS) is 19.7. The Morgan fingerprint density at radius 3 is 2.70 bits per heavy atom. The van der Waals surface area contributed by atoms with Crippen molar-refractivity contribution in [3.05, 3.63) is 11.2 Å². The van der Waals surface area contributed by atoms with Crippen molar-refractivity contribution in [1.29, 1.82) is 0 Å². The molecule has 23 heavy (non-hydrogen) atoms. The maximum absolute atomic E-state index is 12.7. The molecule has 0 aromatic carbocycles. The number of hydrogen-bond donors (Lipinski definition) is 1. The number of thiazole rings is 1. The molecule has 0 bridgehead atoms. The van der Waals surface area contributed by atoms with Crippen LogP contribution in [0.25, 0.3) is 0 Å². The molecule has 0 aliphatic carbocycles. The summed E-state index contributed by atoms with van der Waals surface area (Å²) in [5.74, 6) is -1.53. The second kappa shape index (κ2) is 6.93. The Hall–Kier alpha value is -1.52. The predicted octanol–water partition coefficient (Wildman–Crippen LogP) is 0.402. The van der Waals surface area contributed by atoms with Gasteiger partial charge in [-0.3, -0.25) is 9.59 Å². The lowest BCUT2D eigenvalue weighted by atomic mass is 10.2. The van der Waals surface area contributed by atoms with Gasteiger partial charge in [0, 0.05) is 26.6 Å². The third-order valence-corrected chi connectivity index (χ3v) is 7.02. The van der Waals surface area contributed by atoms with Crippen LogP contribution in [-0.4, -0.2) is 65.3 Å². The van der Waals surface area contributed by atoms with Gasteiger partial charge in [0.05, 0.1) is 11.2 Å². The number of carbonyl (C=O) groups is 2. The Morgan fingerprint density at radius 1 is 1.43 bits per heavy atom. The van der Waals surface area contributed by atoms with Crippen molar-refractivity contribution in [2.75, 3.05) is 19.6 Å². The molecule has 0 saturated carbocycles. The number of rotatable bonds is 5. The predicted molar refractivity (Wildman–Crippen MR) is 83.7 cm³/mol. The fraction of sp³-hybridized carbons (Fsp3) is 0.615. The highest BCUT2D eigenvalue weighted by Crippen LogP contribution is 2.26. The molecule has 1 fully saturated rings. The van der Waals surface area contributed by atoms with Crippen LogP contribution < -0.4 is 0 Å². The molecule has 1 aliphatic heterocycles. The topological polar surface area (TPSA) is 108 Å². The van der Waals surface area contributed by atoms with Crippen molar-refractivity contribution >= 4 is 33.2 Å². The second-order valence-corrected chi connectivity index (χ2v) is 8.49. The van der Waals surface area contributed by atoms with Crippen molar-refractivity contribution in [1.82, 2.24) is 14.2 Å². The molecule has 10 heteroatoms. The summed E-state index contributed by atoms with van der Waals surface area (Å²) in [6, 6.07) is -1.28. The number of piperazine rings is 1. The molecule has 128 valence electrons. The highest BCUT2D eigenvalue weighted by Gasteiger charge is 2.41. The summed E-state index contributed by atoms with van der Waals surface area (Å²) in [6.45, 7) is 3.30. The summed E-state index contributed by atoms with van der Waals surface area (Å²) in [5.41, 5.74) is 0. The van der Waals surface area contributed by atoms with Crippen LogP contribution in [0.2, 0.25) is 0 Å². The molecule has 1 unspecified atom stereocenters. The zero-order valence-electron chi connectivity index (χ0n) is 12.9. The quantitative estimate of drug-likeness (QED) is 0.813. The van der Waals surface area contributed by atoms with Crippen LogP contribution in [0.3, 0.4) is 0 Å². The summed E-state index contributed by atoms with van der Waals surface area (Å²) in [5, 5.41) is 10.1. The highest BCUT2D eigenvalue weighted by atomic mass is 32.2. The molecular formula is C13H19N3O5S2. The number of carboxylic acid groups (broad SMARTS) is 1. The summed E-state index contributed by atoms with van der Waals surface area (Å²) < 4.78 is 26.5. The van der Waals surface area contributed by atoms with E-state index in [1.165, 1.54) is 18.0 Å². The molecule has 1 N–H and O–H groups in total. The van der Waals surface area contributed by atoms with Gasteiger partial charge in [-0.25, -0.2) is 13.4 Å². The lowest BCUT2D eigenvalue weighted by Crippen LogP contribution is -2.58. The number of aromatic nitrogens is 1. The summed E-state index contributed by atoms with van der Waals surface area (Å²) in [6.07, 6.45) is 2.81. The van der Waals surface area contributed by atoms with E-state index in [9.17, 15) is 23.1 Å². The van der Waals surface area contributed by atoms with E-state index in [2.05, 4.69) is 4.98 Å². The molecule has 1 aromatic heterocycles. The van der Waals surface area contributed by atoms with Crippen molar-refractivity contribution in [3.8, 4) is 0 Å². The minimum atomic E-state index is -3.93. The maximum atomic E-state index is 12.7. The van der Waals surface area contributed by atoms with E-state index >= 15 is 0 Å². The first-order valence-electron chi connectivity index (χ1n) is 7.22. The Morgan fingerprint density at radius 2 is 2.13 bits per heavy atom. The molecule has 2 rings (SSSR count). The van der Waals surface area contributed by atoms with E-state index in [4.69, 9.17) is 0 Å². The van der Waals surface area contributed by atoms with E-state index < -0.39 is 22.0 Å². The van der Waals surface area contributed by atoms with Crippen molar-refractivity contribution in [3.63, 3.8) is 0 Å². The Bertz CT molecular complexity index is 700. The summed E-state index contributed by atoms with van der Waals surface area (Å²) >= 11 is 1.06. The fourth-order valence-electron chi connectivity index (χ4n) is 2.40. The minimum Gasteiger partial charge on any atom is -0.480 e. The lowest BCUT2D eigenvalue weighted by molar-refractivity contribution is -0.145. The minimum absolute atomic E-state index is 0.0418. The van der Waals surface area contributed by atoms with Crippen LogP contribution in [0.5, 0.6) is 0 Å². The fourth-order valence-corrected chi connectivity index (χ4v) is 5.38. The largest absolute Gasteiger partial charge is 0.480 e. The van der Waals surface area contributed by atoms with Crippen molar-refractivity contribution < 1.29 is 23.1 Å². The van der Waals surface area contributed by atoms with Crippen LogP contribution in [0, 0.1) is 0 Å². The first kappa shape index (κ1) is 17.8. The van der Waals surface area contributed by atoms with Gasteiger partial charge in [-0.05, 0) is 12.8 Å². The third-order valence-electron chi connectivity index (χ3n) is 3.62. The average molecular weight is 361 g/mol. The average Bonchev–Trinajstić information content (AvgIpc) is 2.96. The van der Waals surface area contributed by atoms with Gasteiger partial charge in [0.15, 0.2) is 4.21 Å². The number of carboxylic acids is 1. The van der Waals surface area contributed by atoms with Gasteiger partial charge in [-0.1, -0.05) is 6.92 Å². The van der Waals surface area contributed by atoms with E-state index in [1.54, 1.807) is 0 Å². The van der Waals surface area contributed by atoms with E-state index in [1.807, 2.05) is 6.92 Å². The number of hydrogen-bond acceptors (Lipinski definition) is 6. The molecule has 1 aromatic rings. The Labute approximate surface area is 138 Å². The van der Waals surface area contributed by atoms with Crippen molar-refractivity contribution in [2.45, 2.75) is 36.9 Å². The van der Waals surface area contributed by atoms with Gasteiger partial charge in [-0.15, -0.1) is 11.3 Å². The first-order chi connectivity index (χ1) is 10.8. The standard InChI is InChI=1S/C13H19N3O5S2/c1-3-4-11-14-7-12(22-11)23(20,21)16-6-5-15(9(2)17)8-10(16)13(18)19/h7,10H,3-6,8H2,1-2H3,(H,18,19). The van der Waals surface area contributed by atoms with Gasteiger partial charge >= 0.3 is 5.97 Å². The van der Waals surface area contributed by atoms with Gasteiger partial charge in [0.25, 0.3) is 10.0 Å². The second-order valence-electron chi connectivity index (χ2n) is 5.26. The highest BCUT2D eigenvalue weighted by molar-refractivity contribution is 7.91. The Kier molecular flexibility index (Phi) is 5.37. The lowest BCUT2D eigenvalue weighted by Gasteiger charge is -2.37. The Balaban J connectivity index is 2.29. The van der Waals surface area contributed by atoms with Crippen molar-refractivity contribution in [2.24, 2.45) is 0 Å². The molecular weight excluding hydrogens is 342 g/mol. The van der Waals surface area contributed by atoms with Gasteiger partial charge in [0.2, 0.25) is 5.91 Å². The van der Waals surface area contributed by atoms with Crippen LogP contribution >= 0.6 is 11.3 Å². The van der Waals surface area contributed by atoms with Crippen LogP contribution in [0.4, 0.5) is 0 Å². The number of amides is 1. The van der Waals surface area contributed by atoms with Crippen LogP contribution in [-0.2, 0) is 26.0 Å². The number of aryl methyl sites for hydroxylation is 1. The molecule has 1 aliphatic rings. The molecule has 0 spiro atoms. The van der Waals surface area contributed by atoms with Crippen LogP contribution in [0.15, 0.2) is 10.4 Å². The third kappa shape index (κ3) is 3.70. The monoisotopic (exact) mass is 361 g/mol. The molecule has 1 amide bonds. The molecule has 8 nitrogen and oxygen atoms in total. The number of aliphatic carboxylic acids is 1. The number of sulfonamides is 1. The van der Waals surface area contributed by atoms with Crippen LogP contribution in [0.1, 0.15) is 25.3 Å². The zero-order chi connectivity index (χ0) is 17.2. The summed E-state index contributed by atoms with van der Waals surface area (Å²) in [7, 11) is -3.93. The first-order valence-corrected chi connectivity index (χ1v) is 9.48. The van der Waals surface area contributed by atoms with Gasteiger partial charge in [0.1, 0.15) is 6.04 Å². The number of carbonyl (C=O) groups excluding carboxylic acids is 1. The molecule has 1 atom stereocenters. The molecule has 1 saturated heterocycles. The summed E-state index contributed by atoms with van der Waals surface area (Å²) in [4.78, 5) is 28.3. The van der Waals surface area contributed by atoms with E-state index in [0.29, 0.717) is 11.4 Å². The van der Waals surface area contributed by atoms with E-state index in [-0.39, 0.29) is 29.8 Å². The number of nitrogens with zero attached hydrogens (tertiary/aromatic N) is 3. The van der Waals surface area contributed by atoms with Gasteiger partial charge in [-0.2, -0.15) is 4.31 Å². The molecule has 2 heterocycles. The van der Waals surface area contributed by atoms with E-state index in [0.717, 1.165) is 22.1 Å². The molecule has 0 radical (unpaired) electrons. The maximum Gasteiger partial charge on any atom is 0.323 e. The smallest absolute Gasteiger partial charge is 0.323 e. The van der Waals surface area contributed by atoms with Gasteiger partial charge < -0.3 is 10.0 Å².